The van der Waals surface area contributed by atoms with E-state index in [2.05, 4.69) is 22.8 Å². The molecule has 0 bridgehead atoms. The van der Waals surface area contributed by atoms with Crippen molar-refractivity contribution in [2.75, 3.05) is 26.2 Å². The molecule has 3 heterocycles. The van der Waals surface area contributed by atoms with Crippen LogP contribution in [0, 0.1) is 11.8 Å². The molecule has 0 aromatic carbocycles. The van der Waals surface area contributed by atoms with Gasteiger partial charge in [-0.25, -0.2) is 0 Å². The van der Waals surface area contributed by atoms with E-state index in [0.717, 1.165) is 37.5 Å². The second-order valence-corrected chi connectivity index (χ2v) is 8.14. The van der Waals surface area contributed by atoms with Gasteiger partial charge in [0.2, 0.25) is 0 Å². The van der Waals surface area contributed by atoms with Crippen LogP contribution in [-0.2, 0) is 6.54 Å². The van der Waals surface area contributed by atoms with Gasteiger partial charge >= 0.3 is 0 Å². The third kappa shape index (κ3) is 5.21. The predicted octanol–water partition coefficient (Wildman–Crippen LogP) is 2.81. The van der Waals surface area contributed by atoms with E-state index in [1.165, 1.54) is 11.1 Å². The largest absolute Gasteiger partial charge is 0.459 e. The Hall–Kier alpha value is -2.07. The number of hydrogen-bond acceptors (Lipinski definition) is 5. The van der Waals surface area contributed by atoms with Gasteiger partial charge in [-0.2, -0.15) is 0 Å². The van der Waals surface area contributed by atoms with Gasteiger partial charge in [0, 0.05) is 37.6 Å². The van der Waals surface area contributed by atoms with Crippen LogP contribution < -0.4 is 0 Å². The summed E-state index contributed by atoms with van der Waals surface area (Å²) in [5.74, 6) is 6.25. The zero-order chi connectivity index (χ0) is 18.6. The number of carbonyl (C=O) groups is 1. The summed E-state index contributed by atoms with van der Waals surface area (Å²) in [5.41, 5.74) is -0.973. The number of furan rings is 1. The molecule has 2 aromatic heterocycles. The van der Waals surface area contributed by atoms with Crippen molar-refractivity contribution in [1.82, 2.24) is 9.80 Å². The van der Waals surface area contributed by atoms with Crippen molar-refractivity contribution in [1.29, 1.82) is 0 Å². The van der Waals surface area contributed by atoms with Crippen molar-refractivity contribution in [2.45, 2.75) is 32.4 Å². The first-order chi connectivity index (χ1) is 12.4. The lowest BCUT2D eigenvalue weighted by Gasteiger charge is -2.20. The van der Waals surface area contributed by atoms with Crippen molar-refractivity contribution < 1.29 is 14.3 Å². The van der Waals surface area contributed by atoms with Gasteiger partial charge in [0.15, 0.2) is 5.76 Å². The molecule has 0 atom stereocenters. The number of thiophene rings is 1. The fourth-order valence-corrected chi connectivity index (χ4v) is 3.76. The highest BCUT2D eigenvalue weighted by molar-refractivity contribution is 7.12. The summed E-state index contributed by atoms with van der Waals surface area (Å²) in [7, 11) is 0. The molecule has 0 saturated carbocycles. The predicted molar refractivity (Wildman–Crippen MR) is 102 cm³/mol. The Kier molecular flexibility index (Phi) is 5.82. The molecule has 6 heteroatoms. The van der Waals surface area contributed by atoms with Crippen LogP contribution >= 0.6 is 11.3 Å². The molecule has 26 heavy (non-hydrogen) atoms. The molecular formula is C20H24N2O3S. The number of aliphatic hydroxyl groups is 1. The van der Waals surface area contributed by atoms with E-state index in [1.54, 1.807) is 37.3 Å². The summed E-state index contributed by atoms with van der Waals surface area (Å²) < 4.78 is 5.23. The first-order valence-corrected chi connectivity index (χ1v) is 9.62. The Morgan fingerprint density at radius 2 is 2.12 bits per heavy atom. The van der Waals surface area contributed by atoms with Gasteiger partial charge in [-0.05, 0) is 44.5 Å². The second-order valence-electron chi connectivity index (χ2n) is 6.97. The van der Waals surface area contributed by atoms with Crippen LogP contribution in [0.25, 0.3) is 0 Å². The smallest absolute Gasteiger partial charge is 0.289 e. The molecule has 1 aliphatic heterocycles. The maximum atomic E-state index is 12.4. The third-order valence-corrected chi connectivity index (χ3v) is 5.13. The highest BCUT2D eigenvalue weighted by Gasteiger charge is 2.22. The Morgan fingerprint density at radius 3 is 2.85 bits per heavy atom. The minimum absolute atomic E-state index is 0.0304. The molecule has 138 valence electrons. The summed E-state index contributed by atoms with van der Waals surface area (Å²) in [5, 5.41) is 9.70. The summed E-state index contributed by atoms with van der Waals surface area (Å²) >= 11 is 1.66. The Labute approximate surface area is 158 Å². The van der Waals surface area contributed by atoms with Crippen LogP contribution in [-0.4, -0.2) is 52.6 Å². The number of amides is 1. The van der Waals surface area contributed by atoms with Gasteiger partial charge in [-0.15, -0.1) is 11.3 Å². The van der Waals surface area contributed by atoms with Crippen LogP contribution in [0.3, 0.4) is 0 Å². The van der Waals surface area contributed by atoms with Crippen LogP contribution in [0.2, 0.25) is 0 Å². The second kappa shape index (κ2) is 8.09. The molecule has 0 radical (unpaired) electrons. The van der Waals surface area contributed by atoms with E-state index >= 15 is 0 Å². The average molecular weight is 372 g/mol. The van der Waals surface area contributed by atoms with Crippen molar-refractivity contribution in [3.63, 3.8) is 0 Å². The molecule has 2 aromatic rings. The SMILES string of the molecule is CC(C)(O)C#Cc1ccc(CN2CCCN(C(=O)c3ccco3)CC2)s1. The number of hydrogen-bond donors (Lipinski definition) is 1. The zero-order valence-electron chi connectivity index (χ0n) is 15.2. The highest BCUT2D eigenvalue weighted by Crippen LogP contribution is 2.19. The highest BCUT2D eigenvalue weighted by atomic mass is 32.1. The number of nitrogens with zero attached hydrogens (tertiary/aromatic N) is 2. The molecule has 0 spiro atoms. The number of rotatable bonds is 3. The quantitative estimate of drug-likeness (QED) is 0.842. The zero-order valence-corrected chi connectivity index (χ0v) is 16.0. The summed E-state index contributed by atoms with van der Waals surface area (Å²) in [6, 6.07) is 7.55. The molecule has 1 fully saturated rings. The Balaban J connectivity index is 1.56. The standard InChI is InChI=1S/C20H24N2O3S/c1-20(2,24)9-8-16-6-7-17(26-16)15-21-10-4-11-22(13-12-21)19(23)18-5-3-14-25-18/h3,5-7,14,24H,4,10-13,15H2,1-2H3. The van der Waals surface area contributed by atoms with Gasteiger partial charge in [0.05, 0.1) is 11.1 Å². The van der Waals surface area contributed by atoms with E-state index in [-0.39, 0.29) is 5.91 Å². The monoisotopic (exact) mass is 372 g/mol. The minimum atomic E-state index is -0.973. The minimum Gasteiger partial charge on any atom is -0.459 e. The van der Waals surface area contributed by atoms with Gasteiger partial charge in [-0.3, -0.25) is 9.69 Å². The van der Waals surface area contributed by atoms with E-state index in [1.807, 2.05) is 11.0 Å². The lowest BCUT2D eigenvalue weighted by Crippen LogP contribution is -2.34. The Bertz CT molecular complexity index is 793. The van der Waals surface area contributed by atoms with Crippen LogP contribution in [0.4, 0.5) is 0 Å². The maximum Gasteiger partial charge on any atom is 0.289 e. The normalized spacial score (nSPS) is 16.0. The van der Waals surface area contributed by atoms with Crippen molar-refractivity contribution in [3.8, 4) is 11.8 Å². The maximum absolute atomic E-state index is 12.4. The van der Waals surface area contributed by atoms with Crippen molar-refractivity contribution >= 4 is 17.2 Å². The molecule has 1 saturated heterocycles. The first-order valence-electron chi connectivity index (χ1n) is 8.80. The van der Waals surface area contributed by atoms with E-state index in [9.17, 15) is 9.90 Å². The summed E-state index contributed by atoms with van der Waals surface area (Å²) in [6.45, 7) is 7.49. The fourth-order valence-electron chi connectivity index (χ4n) is 2.85. The molecule has 0 aliphatic carbocycles. The average Bonchev–Trinajstić information content (AvgIpc) is 3.21. The molecule has 1 N–H and O–H groups in total. The molecule has 0 unspecified atom stereocenters. The topological polar surface area (TPSA) is 56.9 Å². The van der Waals surface area contributed by atoms with Crippen molar-refractivity contribution in [3.05, 3.63) is 46.0 Å². The molecule has 1 aliphatic rings. The molecule has 3 rings (SSSR count). The first kappa shape index (κ1) is 18.7. The Morgan fingerprint density at radius 1 is 1.27 bits per heavy atom. The van der Waals surface area contributed by atoms with E-state index in [0.29, 0.717) is 12.3 Å². The van der Waals surface area contributed by atoms with Gasteiger partial charge in [-0.1, -0.05) is 11.8 Å². The van der Waals surface area contributed by atoms with Gasteiger partial charge in [0.1, 0.15) is 5.60 Å². The fraction of sp³-hybridized carbons (Fsp3) is 0.450. The van der Waals surface area contributed by atoms with Gasteiger partial charge in [0.25, 0.3) is 5.91 Å². The lowest BCUT2D eigenvalue weighted by molar-refractivity contribution is 0.0729. The van der Waals surface area contributed by atoms with Crippen LogP contribution in [0.15, 0.2) is 34.9 Å². The molecular weight excluding hydrogens is 348 g/mol. The van der Waals surface area contributed by atoms with Crippen LogP contribution in [0.1, 0.15) is 40.6 Å². The van der Waals surface area contributed by atoms with E-state index < -0.39 is 5.60 Å². The number of carbonyl (C=O) groups excluding carboxylic acids is 1. The van der Waals surface area contributed by atoms with Crippen molar-refractivity contribution in [2.24, 2.45) is 0 Å². The molecule has 5 nitrogen and oxygen atoms in total. The van der Waals surface area contributed by atoms with E-state index in [4.69, 9.17) is 4.42 Å². The third-order valence-electron chi connectivity index (χ3n) is 4.14. The molecule has 1 amide bonds. The van der Waals surface area contributed by atoms with Gasteiger partial charge < -0.3 is 14.4 Å². The summed E-state index contributed by atoms with van der Waals surface area (Å²) in [6.07, 6.45) is 2.48. The lowest BCUT2D eigenvalue weighted by atomic mass is 10.1. The van der Waals surface area contributed by atoms with Crippen LogP contribution in [0.5, 0.6) is 0 Å². The summed E-state index contributed by atoms with van der Waals surface area (Å²) in [4.78, 5) is 18.9.